The summed E-state index contributed by atoms with van der Waals surface area (Å²) in [5.41, 5.74) is 7.56. The zero-order valence-electron chi connectivity index (χ0n) is 17.8. The van der Waals surface area contributed by atoms with Crippen LogP contribution in [0.1, 0.15) is 36.1 Å². The Balaban J connectivity index is 2.39. The van der Waals surface area contributed by atoms with Crippen LogP contribution < -0.4 is 25.5 Å². The third-order valence-electron chi connectivity index (χ3n) is 5.25. The van der Waals surface area contributed by atoms with Crippen LogP contribution in [0.5, 0.6) is 17.2 Å². The molecule has 2 N–H and O–H groups in total. The van der Waals surface area contributed by atoms with E-state index in [-0.39, 0.29) is 17.0 Å². The number of para-hydroxylation sites is 1. The van der Waals surface area contributed by atoms with Gasteiger partial charge in [-0.1, -0.05) is 25.5 Å². The smallest absolute Gasteiger partial charge is 0.340 e. The number of esters is 1. The maximum atomic E-state index is 13.4. The largest absolute Gasteiger partial charge is 0.493 e. The van der Waals surface area contributed by atoms with Crippen molar-refractivity contribution >= 4 is 5.97 Å². The van der Waals surface area contributed by atoms with Crippen molar-refractivity contribution in [1.29, 1.82) is 0 Å². The van der Waals surface area contributed by atoms with Crippen LogP contribution in [0.3, 0.4) is 0 Å². The van der Waals surface area contributed by atoms with Gasteiger partial charge in [-0.3, -0.25) is 4.79 Å². The molecular weight excluding hydrogens is 388 g/mol. The molecule has 0 radical (unpaired) electrons. The highest BCUT2D eigenvalue weighted by molar-refractivity contribution is 5.93. The van der Waals surface area contributed by atoms with E-state index in [0.29, 0.717) is 34.8 Å². The molecule has 0 fully saturated rings. The topological polar surface area (TPSA) is 102 Å². The number of benzene rings is 1. The number of carbonyl (C=O) groups is 1. The molecule has 30 heavy (non-hydrogen) atoms. The Bertz CT molecular complexity index is 1070. The molecule has 8 heteroatoms. The molecule has 1 unspecified atom stereocenters. The SMILES string of the molecule is CCCc1cc2c(c(=O)n1C)C(c1cccc(OC)c1OC)C(C(=O)OC)=C(N)O2. The molecule has 0 amide bonds. The van der Waals surface area contributed by atoms with Gasteiger partial charge in [-0.2, -0.15) is 0 Å². The van der Waals surface area contributed by atoms with E-state index in [0.717, 1.165) is 12.1 Å². The molecule has 1 aromatic carbocycles. The van der Waals surface area contributed by atoms with Gasteiger partial charge >= 0.3 is 5.97 Å². The highest BCUT2D eigenvalue weighted by atomic mass is 16.5. The monoisotopic (exact) mass is 414 g/mol. The lowest BCUT2D eigenvalue weighted by molar-refractivity contribution is -0.136. The van der Waals surface area contributed by atoms with Crippen molar-refractivity contribution in [3.05, 3.63) is 62.9 Å². The number of carbonyl (C=O) groups excluding carboxylic acids is 1. The predicted octanol–water partition coefficient (Wildman–Crippen LogP) is 2.22. The fraction of sp³-hybridized carbons (Fsp3) is 0.364. The standard InChI is InChI=1S/C22H26N2O6/c1-6-8-12-11-15-17(21(25)24(12)2)16(18(20(23)30-15)22(26)29-5)13-9-7-10-14(27-3)19(13)28-4/h7,9-11,16H,6,8,23H2,1-5H3. The number of hydrogen-bond acceptors (Lipinski definition) is 7. The predicted molar refractivity (Wildman–Crippen MR) is 111 cm³/mol. The molecule has 1 atom stereocenters. The summed E-state index contributed by atoms with van der Waals surface area (Å²) < 4.78 is 23.2. The molecule has 0 spiro atoms. The minimum absolute atomic E-state index is 0.0388. The molecule has 1 aromatic heterocycles. The fourth-order valence-corrected chi connectivity index (χ4v) is 3.83. The first-order valence-corrected chi connectivity index (χ1v) is 9.58. The number of methoxy groups -OCH3 is 3. The number of aryl methyl sites for hydroxylation is 1. The van der Waals surface area contributed by atoms with E-state index in [1.165, 1.54) is 21.3 Å². The molecule has 2 aromatic rings. The number of nitrogens with two attached hydrogens (primary N) is 1. The van der Waals surface area contributed by atoms with E-state index in [1.54, 1.807) is 35.9 Å². The van der Waals surface area contributed by atoms with Crippen LogP contribution in [-0.2, 0) is 23.0 Å². The minimum Gasteiger partial charge on any atom is -0.493 e. The number of nitrogens with zero attached hydrogens (tertiary/aromatic N) is 1. The van der Waals surface area contributed by atoms with Gasteiger partial charge in [0.25, 0.3) is 5.56 Å². The van der Waals surface area contributed by atoms with Crippen molar-refractivity contribution in [1.82, 2.24) is 4.57 Å². The van der Waals surface area contributed by atoms with Crippen LogP contribution in [0.15, 0.2) is 40.5 Å². The van der Waals surface area contributed by atoms with Crippen molar-refractivity contribution in [3.63, 3.8) is 0 Å². The lowest BCUT2D eigenvalue weighted by atomic mass is 9.82. The average Bonchev–Trinajstić information content (AvgIpc) is 2.75. The number of rotatable bonds is 6. The number of pyridine rings is 1. The first-order chi connectivity index (χ1) is 14.4. The number of aromatic nitrogens is 1. The third kappa shape index (κ3) is 3.38. The highest BCUT2D eigenvalue weighted by Gasteiger charge is 2.40. The summed E-state index contributed by atoms with van der Waals surface area (Å²) in [5, 5.41) is 0. The summed E-state index contributed by atoms with van der Waals surface area (Å²) in [6.07, 6.45) is 1.56. The Morgan fingerprint density at radius 1 is 1.23 bits per heavy atom. The van der Waals surface area contributed by atoms with Gasteiger partial charge in [-0.05, 0) is 12.5 Å². The van der Waals surface area contributed by atoms with Gasteiger partial charge in [0.2, 0.25) is 5.88 Å². The van der Waals surface area contributed by atoms with E-state index >= 15 is 0 Å². The van der Waals surface area contributed by atoms with Crippen molar-refractivity contribution in [3.8, 4) is 17.2 Å². The minimum atomic E-state index is -0.847. The summed E-state index contributed by atoms with van der Waals surface area (Å²) >= 11 is 0. The first-order valence-electron chi connectivity index (χ1n) is 9.58. The molecule has 1 aliphatic heterocycles. The maximum Gasteiger partial charge on any atom is 0.340 e. The van der Waals surface area contributed by atoms with E-state index < -0.39 is 11.9 Å². The van der Waals surface area contributed by atoms with Crippen LogP contribution in [0, 0.1) is 0 Å². The molecule has 0 aliphatic carbocycles. The molecule has 2 heterocycles. The van der Waals surface area contributed by atoms with Crippen LogP contribution >= 0.6 is 0 Å². The van der Waals surface area contributed by atoms with Gasteiger partial charge in [0.1, 0.15) is 11.3 Å². The summed E-state index contributed by atoms with van der Waals surface area (Å²) in [6.45, 7) is 2.03. The van der Waals surface area contributed by atoms with Gasteiger partial charge in [0.05, 0.1) is 32.8 Å². The second-order valence-electron chi connectivity index (χ2n) is 6.92. The third-order valence-corrected chi connectivity index (χ3v) is 5.25. The van der Waals surface area contributed by atoms with Crippen LogP contribution in [0.25, 0.3) is 0 Å². The Kier molecular flexibility index (Phi) is 6.05. The van der Waals surface area contributed by atoms with E-state index in [4.69, 9.17) is 24.7 Å². The summed E-state index contributed by atoms with van der Waals surface area (Å²) in [5.74, 6) is -0.466. The Morgan fingerprint density at radius 2 is 1.97 bits per heavy atom. The molecule has 8 nitrogen and oxygen atoms in total. The first kappa shape index (κ1) is 21.3. The van der Waals surface area contributed by atoms with Crippen molar-refractivity contribution in [2.75, 3.05) is 21.3 Å². The summed E-state index contributed by atoms with van der Waals surface area (Å²) in [7, 11) is 5.96. The lowest BCUT2D eigenvalue weighted by Gasteiger charge is -2.29. The molecule has 1 aliphatic rings. The molecule has 0 bridgehead atoms. The van der Waals surface area contributed by atoms with Crippen molar-refractivity contribution < 1.29 is 23.7 Å². The quantitative estimate of drug-likeness (QED) is 0.723. The number of hydrogen-bond donors (Lipinski definition) is 1. The lowest BCUT2D eigenvalue weighted by Crippen LogP contribution is -2.34. The van der Waals surface area contributed by atoms with Gasteiger partial charge < -0.3 is 29.2 Å². The van der Waals surface area contributed by atoms with E-state index in [9.17, 15) is 9.59 Å². The zero-order chi connectivity index (χ0) is 22.0. The van der Waals surface area contributed by atoms with Crippen molar-refractivity contribution in [2.24, 2.45) is 12.8 Å². The van der Waals surface area contributed by atoms with Crippen LogP contribution in [-0.4, -0.2) is 31.9 Å². The van der Waals surface area contributed by atoms with Gasteiger partial charge in [0.15, 0.2) is 11.5 Å². The number of ether oxygens (including phenoxy) is 4. The average molecular weight is 414 g/mol. The van der Waals surface area contributed by atoms with Crippen LogP contribution in [0.4, 0.5) is 0 Å². The molecule has 160 valence electrons. The van der Waals surface area contributed by atoms with Gasteiger partial charge in [-0.15, -0.1) is 0 Å². The fourth-order valence-electron chi connectivity index (χ4n) is 3.83. The normalized spacial score (nSPS) is 15.3. The summed E-state index contributed by atoms with van der Waals surface area (Å²) in [6, 6.07) is 7.04. The Hall–Kier alpha value is -3.42. The molecule has 0 saturated carbocycles. The van der Waals surface area contributed by atoms with E-state index in [1.807, 2.05) is 6.92 Å². The van der Waals surface area contributed by atoms with Gasteiger partial charge in [0, 0.05) is 24.4 Å². The highest BCUT2D eigenvalue weighted by Crippen LogP contribution is 2.46. The molecule has 0 saturated heterocycles. The van der Waals surface area contributed by atoms with Crippen LogP contribution in [0.2, 0.25) is 0 Å². The summed E-state index contributed by atoms with van der Waals surface area (Å²) in [4.78, 5) is 26.1. The maximum absolute atomic E-state index is 13.4. The van der Waals surface area contributed by atoms with Gasteiger partial charge in [-0.25, -0.2) is 4.79 Å². The second kappa shape index (κ2) is 8.52. The Morgan fingerprint density at radius 3 is 2.57 bits per heavy atom. The molecular formula is C22H26N2O6. The molecule has 3 rings (SSSR count). The Labute approximate surface area is 174 Å². The zero-order valence-corrected chi connectivity index (χ0v) is 17.8. The van der Waals surface area contributed by atoms with Crippen molar-refractivity contribution in [2.45, 2.75) is 25.7 Å². The second-order valence-corrected chi connectivity index (χ2v) is 6.92. The number of fused-ring (bicyclic) bond motifs is 1. The van der Waals surface area contributed by atoms with E-state index in [2.05, 4.69) is 0 Å².